The predicted octanol–water partition coefficient (Wildman–Crippen LogP) is 3.24. The highest BCUT2D eigenvalue weighted by molar-refractivity contribution is 7.07. The van der Waals surface area contributed by atoms with Gasteiger partial charge in [-0.05, 0) is 19.0 Å². The summed E-state index contributed by atoms with van der Waals surface area (Å²) in [6.45, 7) is 3.12. The minimum absolute atomic E-state index is 0.104. The molecule has 1 N–H and O–H groups in total. The van der Waals surface area contributed by atoms with Crippen molar-refractivity contribution in [2.24, 2.45) is 0 Å². The average molecular weight is 262 g/mol. The summed E-state index contributed by atoms with van der Waals surface area (Å²) < 4.78 is 5.44. The van der Waals surface area contributed by atoms with Crippen LogP contribution in [-0.2, 0) is 0 Å². The molecule has 0 amide bonds. The molecule has 1 aromatic carbocycles. The zero-order valence-corrected chi connectivity index (χ0v) is 11.5. The van der Waals surface area contributed by atoms with Gasteiger partial charge in [-0.3, -0.25) is 0 Å². The van der Waals surface area contributed by atoms with Crippen molar-refractivity contribution in [1.82, 2.24) is 10.3 Å². The Balaban J connectivity index is 2.33. The third-order valence-electron chi connectivity index (χ3n) is 2.80. The summed E-state index contributed by atoms with van der Waals surface area (Å²) in [5.41, 5.74) is 4.06. The highest BCUT2D eigenvalue weighted by atomic mass is 32.1. The summed E-state index contributed by atoms with van der Waals surface area (Å²) in [6, 6.07) is 8.20. The molecule has 96 valence electrons. The summed E-state index contributed by atoms with van der Waals surface area (Å²) in [5.74, 6) is 0.902. The maximum absolute atomic E-state index is 5.44. The first-order chi connectivity index (χ1) is 8.86. The first kappa shape index (κ1) is 13.1. The van der Waals surface area contributed by atoms with Gasteiger partial charge in [0, 0.05) is 10.9 Å². The Morgan fingerprint density at radius 1 is 1.39 bits per heavy atom. The SMILES string of the molecule is CCCNC(c1cscn1)c1ccccc1OC. The summed E-state index contributed by atoms with van der Waals surface area (Å²) in [7, 11) is 1.71. The van der Waals surface area contributed by atoms with Crippen LogP contribution in [0.1, 0.15) is 30.6 Å². The second-order valence-corrected chi connectivity index (χ2v) is 4.76. The van der Waals surface area contributed by atoms with Gasteiger partial charge >= 0.3 is 0 Å². The quantitative estimate of drug-likeness (QED) is 0.867. The molecule has 2 rings (SSSR count). The van der Waals surface area contributed by atoms with Crippen molar-refractivity contribution in [1.29, 1.82) is 0 Å². The lowest BCUT2D eigenvalue weighted by molar-refractivity contribution is 0.403. The van der Waals surface area contributed by atoms with Crippen LogP contribution in [0.2, 0.25) is 0 Å². The zero-order chi connectivity index (χ0) is 12.8. The minimum atomic E-state index is 0.104. The standard InChI is InChI=1S/C14H18N2OS/c1-3-8-15-14(12-9-18-10-16-12)11-6-4-5-7-13(11)17-2/h4-7,9-10,14-15H,3,8H2,1-2H3. The van der Waals surface area contributed by atoms with Crippen LogP contribution in [0.3, 0.4) is 0 Å². The van der Waals surface area contributed by atoms with Gasteiger partial charge in [-0.25, -0.2) is 4.98 Å². The Morgan fingerprint density at radius 3 is 2.89 bits per heavy atom. The average Bonchev–Trinajstić information content (AvgIpc) is 2.94. The van der Waals surface area contributed by atoms with Crippen molar-refractivity contribution in [2.45, 2.75) is 19.4 Å². The molecule has 1 aromatic heterocycles. The molecule has 0 fully saturated rings. The van der Waals surface area contributed by atoms with Crippen LogP contribution >= 0.6 is 11.3 Å². The minimum Gasteiger partial charge on any atom is -0.496 e. The normalized spacial score (nSPS) is 12.3. The summed E-state index contributed by atoms with van der Waals surface area (Å²) in [4.78, 5) is 4.42. The van der Waals surface area contributed by atoms with Crippen LogP contribution in [0.4, 0.5) is 0 Å². The molecule has 0 radical (unpaired) electrons. The van der Waals surface area contributed by atoms with E-state index >= 15 is 0 Å². The summed E-state index contributed by atoms with van der Waals surface area (Å²) >= 11 is 1.62. The van der Waals surface area contributed by atoms with E-state index in [9.17, 15) is 0 Å². The molecular formula is C14H18N2OS. The Hall–Kier alpha value is -1.39. The lowest BCUT2D eigenvalue weighted by Crippen LogP contribution is -2.23. The van der Waals surface area contributed by atoms with Gasteiger partial charge < -0.3 is 10.1 Å². The molecule has 1 unspecified atom stereocenters. The van der Waals surface area contributed by atoms with Crippen LogP contribution in [0.15, 0.2) is 35.2 Å². The van der Waals surface area contributed by atoms with Gasteiger partial charge in [-0.2, -0.15) is 0 Å². The van der Waals surface area contributed by atoms with Gasteiger partial charge in [-0.1, -0.05) is 25.1 Å². The Morgan fingerprint density at radius 2 is 2.22 bits per heavy atom. The molecule has 0 aliphatic carbocycles. The van der Waals surface area contributed by atoms with E-state index in [0.29, 0.717) is 0 Å². The predicted molar refractivity (Wildman–Crippen MR) is 75.2 cm³/mol. The smallest absolute Gasteiger partial charge is 0.124 e. The second kappa shape index (κ2) is 6.52. The Kier molecular flexibility index (Phi) is 4.73. The van der Waals surface area contributed by atoms with Crippen LogP contribution in [0.25, 0.3) is 0 Å². The van der Waals surface area contributed by atoms with E-state index in [-0.39, 0.29) is 6.04 Å². The molecule has 4 heteroatoms. The largest absolute Gasteiger partial charge is 0.496 e. The van der Waals surface area contributed by atoms with Crippen molar-refractivity contribution in [2.75, 3.05) is 13.7 Å². The third-order valence-corrected chi connectivity index (χ3v) is 3.40. The number of methoxy groups -OCH3 is 1. The molecule has 1 atom stereocenters. The molecule has 0 bridgehead atoms. The number of nitrogens with zero attached hydrogens (tertiary/aromatic N) is 1. The van der Waals surface area contributed by atoms with E-state index in [1.165, 1.54) is 0 Å². The molecule has 1 heterocycles. The number of rotatable bonds is 6. The van der Waals surface area contributed by atoms with Gasteiger partial charge in [0.2, 0.25) is 0 Å². The molecule has 0 saturated carbocycles. The van der Waals surface area contributed by atoms with Crippen molar-refractivity contribution < 1.29 is 4.74 Å². The molecule has 0 aliphatic heterocycles. The Labute approximate surface area is 112 Å². The van der Waals surface area contributed by atoms with Gasteiger partial charge in [0.1, 0.15) is 5.75 Å². The fourth-order valence-corrected chi connectivity index (χ4v) is 2.51. The van der Waals surface area contributed by atoms with E-state index in [1.54, 1.807) is 18.4 Å². The van der Waals surface area contributed by atoms with E-state index in [1.807, 2.05) is 23.7 Å². The second-order valence-electron chi connectivity index (χ2n) is 4.04. The fourth-order valence-electron chi connectivity index (χ4n) is 1.93. The Bertz CT molecular complexity index is 470. The number of nitrogens with one attached hydrogen (secondary N) is 1. The summed E-state index contributed by atoms with van der Waals surface area (Å²) in [6.07, 6.45) is 1.09. The number of hydrogen-bond donors (Lipinski definition) is 1. The van der Waals surface area contributed by atoms with Crippen molar-refractivity contribution in [3.05, 3.63) is 46.4 Å². The highest BCUT2D eigenvalue weighted by Gasteiger charge is 2.18. The molecule has 3 nitrogen and oxygen atoms in total. The maximum Gasteiger partial charge on any atom is 0.124 e. The van der Waals surface area contributed by atoms with E-state index in [0.717, 1.165) is 30.0 Å². The zero-order valence-electron chi connectivity index (χ0n) is 10.7. The molecule has 0 spiro atoms. The van der Waals surface area contributed by atoms with Crippen LogP contribution in [0.5, 0.6) is 5.75 Å². The lowest BCUT2D eigenvalue weighted by Gasteiger charge is -2.19. The van der Waals surface area contributed by atoms with Crippen LogP contribution < -0.4 is 10.1 Å². The van der Waals surface area contributed by atoms with E-state index in [2.05, 4.69) is 28.7 Å². The first-order valence-electron chi connectivity index (χ1n) is 6.11. The molecular weight excluding hydrogens is 244 g/mol. The van der Waals surface area contributed by atoms with Crippen molar-refractivity contribution in [3.63, 3.8) is 0 Å². The highest BCUT2D eigenvalue weighted by Crippen LogP contribution is 2.29. The van der Waals surface area contributed by atoms with Crippen LogP contribution in [-0.4, -0.2) is 18.6 Å². The molecule has 2 aromatic rings. The maximum atomic E-state index is 5.44. The van der Waals surface area contributed by atoms with E-state index < -0.39 is 0 Å². The topological polar surface area (TPSA) is 34.2 Å². The van der Waals surface area contributed by atoms with Crippen LogP contribution in [0, 0.1) is 0 Å². The monoisotopic (exact) mass is 262 g/mol. The molecule has 0 saturated heterocycles. The summed E-state index contributed by atoms with van der Waals surface area (Å²) in [5, 5.41) is 5.61. The van der Waals surface area contributed by atoms with Gasteiger partial charge in [0.05, 0.1) is 24.4 Å². The van der Waals surface area contributed by atoms with E-state index in [4.69, 9.17) is 4.74 Å². The van der Waals surface area contributed by atoms with Crippen molar-refractivity contribution in [3.8, 4) is 5.75 Å². The number of ether oxygens (including phenoxy) is 1. The van der Waals surface area contributed by atoms with Crippen molar-refractivity contribution >= 4 is 11.3 Å². The fraction of sp³-hybridized carbons (Fsp3) is 0.357. The van der Waals surface area contributed by atoms with Gasteiger partial charge in [0.25, 0.3) is 0 Å². The molecule has 0 aliphatic rings. The number of aromatic nitrogens is 1. The number of hydrogen-bond acceptors (Lipinski definition) is 4. The van der Waals surface area contributed by atoms with Gasteiger partial charge in [0.15, 0.2) is 0 Å². The number of benzene rings is 1. The van der Waals surface area contributed by atoms with Gasteiger partial charge in [-0.15, -0.1) is 11.3 Å². The first-order valence-corrected chi connectivity index (χ1v) is 7.05. The number of para-hydroxylation sites is 1. The third kappa shape index (κ3) is 2.89. The number of thiazole rings is 1. The lowest BCUT2D eigenvalue weighted by atomic mass is 10.0. The molecule has 18 heavy (non-hydrogen) atoms.